The fourth-order valence-electron chi connectivity index (χ4n) is 3.87. The van der Waals surface area contributed by atoms with Crippen molar-refractivity contribution in [2.45, 2.75) is 31.4 Å². The van der Waals surface area contributed by atoms with Gasteiger partial charge >= 0.3 is 6.09 Å². The van der Waals surface area contributed by atoms with Gasteiger partial charge < -0.3 is 14.8 Å². The standard InChI is InChI=1S/C17H21BrN2O3/c18-12-1-2-15-13(9-12)14(5-8-22-15)19-17(21)23-16-10-20-6-3-11(16)4-7-20/h1-2,9,11,14,16H,3-8,10H2,(H,19,21). The maximum absolute atomic E-state index is 12.3. The molecule has 2 atom stereocenters. The van der Waals surface area contributed by atoms with Crippen molar-refractivity contribution < 1.29 is 14.3 Å². The first kappa shape index (κ1) is 15.3. The van der Waals surface area contributed by atoms with Crippen LogP contribution in [-0.4, -0.2) is 43.3 Å². The first-order valence-corrected chi connectivity index (χ1v) is 9.10. The molecule has 4 aliphatic rings. The Morgan fingerprint density at radius 1 is 1.30 bits per heavy atom. The quantitative estimate of drug-likeness (QED) is 0.856. The van der Waals surface area contributed by atoms with Crippen molar-refractivity contribution in [3.8, 4) is 5.75 Å². The second-order valence-electron chi connectivity index (χ2n) is 6.60. The minimum atomic E-state index is -0.304. The van der Waals surface area contributed by atoms with Crippen molar-refractivity contribution in [3.63, 3.8) is 0 Å². The third-order valence-electron chi connectivity index (χ3n) is 5.16. The number of carbonyl (C=O) groups excluding carboxylic acids is 1. The normalized spacial score (nSPS) is 31.9. The molecule has 5 rings (SSSR count). The Kier molecular flexibility index (Phi) is 4.20. The van der Waals surface area contributed by atoms with Crippen LogP contribution in [0.1, 0.15) is 30.9 Å². The zero-order valence-electron chi connectivity index (χ0n) is 13.0. The van der Waals surface area contributed by atoms with Crippen molar-refractivity contribution in [2.24, 2.45) is 5.92 Å². The summed E-state index contributed by atoms with van der Waals surface area (Å²) in [7, 11) is 0. The zero-order chi connectivity index (χ0) is 15.8. The van der Waals surface area contributed by atoms with Gasteiger partial charge in [0.1, 0.15) is 11.9 Å². The Hall–Kier alpha value is -1.27. The van der Waals surface area contributed by atoms with Crippen molar-refractivity contribution in [1.82, 2.24) is 10.2 Å². The number of amides is 1. The molecule has 4 heterocycles. The molecular formula is C17H21BrN2O3. The van der Waals surface area contributed by atoms with E-state index in [0.717, 1.165) is 54.7 Å². The SMILES string of the molecule is O=C(NC1CCOc2ccc(Br)cc21)OC1CN2CCC1CC2. The van der Waals surface area contributed by atoms with Gasteiger partial charge in [0.2, 0.25) is 0 Å². The van der Waals surface area contributed by atoms with Crippen LogP contribution >= 0.6 is 15.9 Å². The van der Waals surface area contributed by atoms with Gasteiger partial charge in [-0.1, -0.05) is 15.9 Å². The zero-order valence-corrected chi connectivity index (χ0v) is 14.5. The lowest BCUT2D eigenvalue weighted by Gasteiger charge is -2.44. The lowest BCUT2D eigenvalue weighted by atomic mass is 9.86. The lowest BCUT2D eigenvalue weighted by Crippen LogP contribution is -2.52. The van der Waals surface area contributed by atoms with Gasteiger partial charge in [-0.25, -0.2) is 4.79 Å². The summed E-state index contributed by atoms with van der Waals surface area (Å²) in [6.07, 6.45) is 2.79. The van der Waals surface area contributed by atoms with E-state index in [1.165, 1.54) is 0 Å². The van der Waals surface area contributed by atoms with E-state index in [9.17, 15) is 4.79 Å². The lowest BCUT2D eigenvalue weighted by molar-refractivity contribution is -0.0342. The van der Waals surface area contributed by atoms with Crippen LogP contribution in [0.4, 0.5) is 4.79 Å². The monoisotopic (exact) mass is 380 g/mol. The number of hydrogen-bond donors (Lipinski definition) is 1. The summed E-state index contributed by atoms with van der Waals surface area (Å²) < 4.78 is 12.4. The maximum Gasteiger partial charge on any atom is 0.407 e. The van der Waals surface area contributed by atoms with Crippen molar-refractivity contribution in [3.05, 3.63) is 28.2 Å². The number of nitrogens with zero attached hydrogens (tertiary/aromatic N) is 1. The highest BCUT2D eigenvalue weighted by molar-refractivity contribution is 9.10. The van der Waals surface area contributed by atoms with Crippen LogP contribution < -0.4 is 10.1 Å². The first-order chi connectivity index (χ1) is 11.2. The van der Waals surface area contributed by atoms with E-state index in [-0.39, 0.29) is 18.2 Å². The highest BCUT2D eigenvalue weighted by Crippen LogP contribution is 2.34. The number of carbonyl (C=O) groups is 1. The molecule has 1 aromatic carbocycles. The van der Waals surface area contributed by atoms with E-state index >= 15 is 0 Å². The summed E-state index contributed by atoms with van der Waals surface area (Å²) in [5.41, 5.74) is 1.01. The van der Waals surface area contributed by atoms with Gasteiger partial charge in [-0.2, -0.15) is 0 Å². The predicted molar refractivity (Wildman–Crippen MR) is 89.6 cm³/mol. The molecule has 3 saturated heterocycles. The molecule has 1 amide bonds. The molecule has 0 radical (unpaired) electrons. The highest BCUT2D eigenvalue weighted by atomic mass is 79.9. The predicted octanol–water partition coefficient (Wildman–Crippen LogP) is 3.09. The third kappa shape index (κ3) is 3.19. The van der Waals surface area contributed by atoms with E-state index in [0.29, 0.717) is 12.5 Å². The molecule has 0 aromatic heterocycles. The van der Waals surface area contributed by atoms with E-state index in [4.69, 9.17) is 9.47 Å². The molecule has 23 heavy (non-hydrogen) atoms. The Balaban J connectivity index is 1.41. The molecule has 0 spiro atoms. The van der Waals surface area contributed by atoms with Crippen LogP contribution in [-0.2, 0) is 4.74 Å². The molecule has 2 unspecified atom stereocenters. The number of rotatable bonds is 2. The third-order valence-corrected chi connectivity index (χ3v) is 5.65. The van der Waals surface area contributed by atoms with Crippen LogP contribution in [0.25, 0.3) is 0 Å². The smallest absolute Gasteiger partial charge is 0.407 e. The summed E-state index contributed by atoms with van der Waals surface area (Å²) in [6, 6.07) is 5.84. The fraction of sp³-hybridized carbons (Fsp3) is 0.588. The van der Waals surface area contributed by atoms with Gasteiger partial charge in [0.05, 0.1) is 12.6 Å². The topological polar surface area (TPSA) is 50.8 Å². The number of ether oxygens (including phenoxy) is 2. The molecular weight excluding hydrogens is 360 g/mol. The molecule has 124 valence electrons. The summed E-state index contributed by atoms with van der Waals surface area (Å²) in [6.45, 7) is 3.79. The molecule has 4 aliphatic heterocycles. The number of piperidine rings is 3. The summed E-state index contributed by atoms with van der Waals surface area (Å²) in [5, 5.41) is 3.03. The van der Waals surface area contributed by atoms with Gasteiger partial charge in [-0.05, 0) is 50.0 Å². The van der Waals surface area contributed by atoms with Crippen LogP contribution in [0.15, 0.2) is 22.7 Å². The van der Waals surface area contributed by atoms with Gasteiger partial charge in [-0.15, -0.1) is 0 Å². The minimum Gasteiger partial charge on any atom is -0.493 e. The number of alkyl carbamates (subject to hydrolysis) is 1. The van der Waals surface area contributed by atoms with Crippen LogP contribution in [0.2, 0.25) is 0 Å². The fourth-order valence-corrected chi connectivity index (χ4v) is 4.25. The summed E-state index contributed by atoms with van der Waals surface area (Å²) >= 11 is 3.48. The number of benzene rings is 1. The van der Waals surface area contributed by atoms with E-state index < -0.39 is 0 Å². The number of hydrogen-bond acceptors (Lipinski definition) is 4. The van der Waals surface area contributed by atoms with Crippen molar-refractivity contribution in [2.75, 3.05) is 26.2 Å². The van der Waals surface area contributed by atoms with Gasteiger partial charge in [0.15, 0.2) is 0 Å². The molecule has 1 aromatic rings. The summed E-state index contributed by atoms with van der Waals surface area (Å²) in [5.74, 6) is 1.37. The molecule has 1 N–H and O–H groups in total. The molecule has 3 fully saturated rings. The summed E-state index contributed by atoms with van der Waals surface area (Å²) in [4.78, 5) is 14.7. The van der Waals surface area contributed by atoms with E-state index in [1.54, 1.807) is 0 Å². The highest BCUT2D eigenvalue weighted by Gasteiger charge is 2.37. The first-order valence-electron chi connectivity index (χ1n) is 8.31. The second-order valence-corrected chi connectivity index (χ2v) is 7.51. The van der Waals surface area contributed by atoms with Crippen molar-refractivity contribution >= 4 is 22.0 Å². The van der Waals surface area contributed by atoms with E-state index in [1.807, 2.05) is 18.2 Å². The van der Waals surface area contributed by atoms with Crippen LogP contribution in [0.5, 0.6) is 5.75 Å². The minimum absolute atomic E-state index is 0.0410. The molecule has 6 heteroatoms. The van der Waals surface area contributed by atoms with E-state index in [2.05, 4.69) is 26.1 Å². The average molecular weight is 381 g/mol. The van der Waals surface area contributed by atoms with Crippen molar-refractivity contribution in [1.29, 1.82) is 0 Å². The van der Waals surface area contributed by atoms with Crippen LogP contribution in [0.3, 0.4) is 0 Å². The van der Waals surface area contributed by atoms with Crippen LogP contribution in [0, 0.1) is 5.92 Å². The van der Waals surface area contributed by atoms with Gasteiger partial charge in [0.25, 0.3) is 0 Å². The number of nitrogens with one attached hydrogen (secondary N) is 1. The number of halogens is 1. The Labute approximate surface area is 144 Å². The Morgan fingerprint density at radius 2 is 2.13 bits per heavy atom. The Bertz CT molecular complexity index is 602. The maximum atomic E-state index is 12.3. The Morgan fingerprint density at radius 3 is 2.87 bits per heavy atom. The van der Waals surface area contributed by atoms with Gasteiger partial charge in [-0.3, -0.25) is 4.90 Å². The molecule has 0 aliphatic carbocycles. The molecule has 2 bridgehead atoms. The molecule has 5 nitrogen and oxygen atoms in total. The number of fused-ring (bicyclic) bond motifs is 4. The molecule has 0 saturated carbocycles. The average Bonchev–Trinajstić information content (AvgIpc) is 2.56. The largest absolute Gasteiger partial charge is 0.493 e. The van der Waals surface area contributed by atoms with Gasteiger partial charge in [0, 0.05) is 23.0 Å². The second kappa shape index (κ2) is 6.32.